The molecular formula is C17H14ClN3O2S. The lowest BCUT2D eigenvalue weighted by Gasteiger charge is -2.36. The van der Waals surface area contributed by atoms with E-state index in [1.54, 1.807) is 17.0 Å². The highest BCUT2D eigenvalue weighted by atomic mass is 35.5. The van der Waals surface area contributed by atoms with Crippen LogP contribution in [0, 0.1) is 0 Å². The molecule has 0 bridgehead atoms. The Labute approximate surface area is 147 Å². The van der Waals surface area contributed by atoms with Crippen molar-refractivity contribution in [2.75, 3.05) is 13.1 Å². The quantitative estimate of drug-likeness (QED) is 0.714. The maximum Gasteiger partial charge on any atom is 0.264 e. The highest BCUT2D eigenvalue weighted by Crippen LogP contribution is 2.30. The number of rotatable bonds is 4. The molecule has 7 heteroatoms. The second-order valence-corrected chi connectivity index (χ2v) is 7.44. The Bertz CT molecular complexity index is 856. The third kappa shape index (κ3) is 3.07. The summed E-state index contributed by atoms with van der Waals surface area (Å²) >= 11 is 7.18. The molecule has 2 aromatic heterocycles. The van der Waals surface area contributed by atoms with Crippen LogP contribution in [0.4, 0.5) is 0 Å². The number of carbonyl (C=O) groups is 1. The van der Waals surface area contributed by atoms with E-state index >= 15 is 0 Å². The number of carbonyl (C=O) groups excluding carboxylic acids is 1. The lowest BCUT2D eigenvalue weighted by atomic mass is 10.00. The zero-order valence-electron chi connectivity index (χ0n) is 12.7. The molecule has 0 aliphatic carbocycles. The molecule has 1 amide bonds. The number of halogens is 1. The Kier molecular flexibility index (Phi) is 4.08. The van der Waals surface area contributed by atoms with Gasteiger partial charge in [-0.05, 0) is 17.7 Å². The van der Waals surface area contributed by atoms with Gasteiger partial charge in [-0.2, -0.15) is 4.98 Å². The van der Waals surface area contributed by atoms with E-state index in [9.17, 15) is 4.79 Å². The molecule has 0 spiro atoms. The number of amides is 1. The van der Waals surface area contributed by atoms with Gasteiger partial charge in [-0.3, -0.25) is 4.79 Å². The Morgan fingerprint density at radius 3 is 2.75 bits per heavy atom. The van der Waals surface area contributed by atoms with Gasteiger partial charge in [0.25, 0.3) is 5.91 Å². The van der Waals surface area contributed by atoms with Crippen molar-refractivity contribution in [3.63, 3.8) is 0 Å². The van der Waals surface area contributed by atoms with Crippen molar-refractivity contribution in [1.29, 1.82) is 0 Å². The van der Waals surface area contributed by atoms with E-state index in [2.05, 4.69) is 10.1 Å². The molecule has 1 aromatic carbocycles. The fraction of sp³-hybridized carbons (Fsp3) is 0.235. The molecule has 4 rings (SSSR count). The third-order valence-electron chi connectivity index (χ3n) is 3.99. The van der Waals surface area contributed by atoms with Gasteiger partial charge in [0.15, 0.2) is 5.82 Å². The lowest BCUT2D eigenvalue weighted by molar-refractivity contribution is 0.0574. The first-order valence-electron chi connectivity index (χ1n) is 7.60. The van der Waals surface area contributed by atoms with Crippen molar-refractivity contribution in [2.24, 2.45) is 0 Å². The van der Waals surface area contributed by atoms with Crippen molar-refractivity contribution in [3.8, 4) is 0 Å². The molecule has 0 unspecified atom stereocenters. The Hall–Kier alpha value is -2.18. The second-order valence-electron chi connectivity index (χ2n) is 5.72. The first-order chi connectivity index (χ1) is 11.7. The summed E-state index contributed by atoms with van der Waals surface area (Å²) in [5.74, 6) is 1.40. The fourth-order valence-corrected chi connectivity index (χ4v) is 3.68. The third-order valence-corrected chi connectivity index (χ3v) is 5.21. The van der Waals surface area contributed by atoms with Gasteiger partial charge in [0, 0.05) is 19.5 Å². The van der Waals surface area contributed by atoms with Crippen molar-refractivity contribution >= 4 is 28.8 Å². The second kappa shape index (κ2) is 6.37. The summed E-state index contributed by atoms with van der Waals surface area (Å²) in [6.45, 7) is 1.20. The van der Waals surface area contributed by atoms with Crippen LogP contribution in [0.25, 0.3) is 0 Å². The zero-order valence-corrected chi connectivity index (χ0v) is 14.3. The Balaban J connectivity index is 1.36. The van der Waals surface area contributed by atoms with Gasteiger partial charge in [0.05, 0.1) is 15.1 Å². The number of benzene rings is 1. The van der Waals surface area contributed by atoms with Gasteiger partial charge < -0.3 is 9.42 Å². The van der Waals surface area contributed by atoms with Gasteiger partial charge >= 0.3 is 0 Å². The maximum atomic E-state index is 12.3. The Morgan fingerprint density at radius 2 is 2.04 bits per heavy atom. The van der Waals surface area contributed by atoms with Crippen molar-refractivity contribution in [3.05, 3.63) is 69.0 Å². The van der Waals surface area contributed by atoms with E-state index in [0.717, 1.165) is 5.56 Å². The van der Waals surface area contributed by atoms with E-state index in [4.69, 9.17) is 16.1 Å². The highest BCUT2D eigenvalue weighted by molar-refractivity contribution is 7.17. The van der Waals surface area contributed by atoms with Crippen LogP contribution in [0.2, 0.25) is 4.34 Å². The van der Waals surface area contributed by atoms with E-state index < -0.39 is 0 Å². The minimum atomic E-state index is 0.00664. The molecule has 1 fully saturated rings. The van der Waals surface area contributed by atoms with Crippen LogP contribution in [0.3, 0.4) is 0 Å². The summed E-state index contributed by atoms with van der Waals surface area (Å²) in [6, 6.07) is 13.5. The average molecular weight is 360 g/mol. The number of thiophene rings is 1. The molecule has 1 aliphatic rings. The molecule has 3 heterocycles. The van der Waals surface area contributed by atoms with Gasteiger partial charge in [0.1, 0.15) is 0 Å². The number of nitrogens with zero attached hydrogens (tertiary/aromatic N) is 3. The maximum absolute atomic E-state index is 12.3. The molecule has 3 aromatic rings. The van der Waals surface area contributed by atoms with Gasteiger partial charge in [0.2, 0.25) is 5.89 Å². The fourth-order valence-electron chi connectivity index (χ4n) is 2.67. The molecule has 0 atom stereocenters. The van der Waals surface area contributed by atoms with Crippen LogP contribution in [-0.2, 0) is 6.42 Å². The molecule has 0 saturated carbocycles. The van der Waals surface area contributed by atoms with E-state index in [0.29, 0.717) is 40.4 Å². The van der Waals surface area contributed by atoms with E-state index in [1.165, 1.54) is 11.3 Å². The van der Waals surface area contributed by atoms with Crippen LogP contribution in [0.1, 0.15) is 32.9 Å². The van der Waals surface area contributed by atoms with E-state index in [-0.39, 0.29) is 11.8 Å². The number of likely N-dealkylation sites (tertiary alicyclic amines) is 1. The monoisotopic (exact) mass is 359 g/mol. The van der Waals surface area contributed by atoms with Gasteiger partial charge in [-0.15, -0.1) is 11.3 Å². The summed E-state index contributed by atoms with van der Waals surface area (Å²) in [6.07, 6.45) is 0.646. The average Bonchev–Trinajstić information content (AvgIpc) is 3.16. The van der Waals surface area contributed by atoms with E-state index in [1.807, 2.05) is 30.3 Å². The van der Waals surface area contributed by atoms with Crippen LogP contribution < -0.4 is 0 Å². The topological polar surface area (TPSA) is 59.2 Å². The van der Waals surface area contributed by atoms with Crippen molar-refractivity contribution < 1.29 is 9.32 Å². The summed E-state index contributed by atoms with van der Waals surface area (Å²) in [5.41, 5.74) is 1.14. The zero-order chi connectivity index (χ0) is 16.5. The molecule has 5 nitrogen and oxygen atoms in total. The lowest BCUT2D eigenvalue weighted by Crippen LogP contribution is -2.48. The van der Waals surface area contributed by atoms with Crippen molar-refractivity contribution in [2.45, 2.75) is 12.3 Å². The predicted octanol–water partition coefficient (Wildman–Crippen LogP) is 3.61. The minimum Gasteiger partial charge on any atom is -0.339 e. The van der Waals surface area contributed by atoms with Gasteiger partial charge in [-0.1, -0.05) is 47.1 Å². The molecule has 1 aliphatic heterocycles. The summed E-state index contributed by atoms with van der Waals surface area (Å²) < 4.78 is 5.98. The van der Waals surface area contributed by atoms with Crippen LogP contribution in [-0.4, -0.2) is 34.0 Å². The Morgan fingerprint density at radius 1 is 1.25 bits per heavy atom. The molecule has 0 radical (unpaired) electrons. The predicted molar refractivity (Wildman–Crippen MR) is 91.5 cm³/mol. The molecule has 122 valence electrons. The largest absolute Gasteiger partial charge is 0.339 e. The highest BCUT2D eigenvalue weighted by Gasteiger charge is 2.36. The standard InChI is InChI=1S/C17H14ClN3O2S/c18-14-7-6-13(24-14)17(22)21-9-12(10-21)16-19-15(20-23-16)8-11-4-2-1-3-5-11/h1-7,12H,8-10H2. The molecule has 0 N–H and O–H groups in total. The normalized spacial score (nSPS) is 14.6. The molecular weight excluding hydrogens is 346 g/mol. The number of hydrogen-bond acceptors (Lipinski definition) is 5. The first-order valence-corrected chi connectivity index (χ1v) is 8.79. The summed E-state index contributed by atoms with van der Waals surface area (Å²) in [7, 11) is 0. The number of aromatic nitrogens is 2. The SMILES string of the molecule is O=C(c1ccc(Cl)s1)N1CC(c2nc(Cc3ccccc3)no2)C1. The number of hydrogen-bond donors (Lipinski definition) is 0. The van der Waals surface area contributed by atoms with Crippen LogP contribution >= 0.6 is 22.9 Å². The molecule has 1 saturated heterocycles. The van der Waals surface area contributed by atoms with Gasteiger partial charge in [-0.25, -0.2) is 0 Å². The summed E-state index contributed by atoms with van der Waals surface area (Å²) in [4.78, 5) is 19.2. The van der Waals surface area contributed by atoms with Crippen molar-refractivity contribution in [1.82, 2.24) is 15.0 Å². The minimum absolute atomic E-state index is 0.00664. The van der Waals surface area contributed by atoms with Crippen LogP contribution in [0.5, 0.6) is 0 Å². The molecule has 24 heavy (non-hydrogen) atoms. The first kappa shape index (κ1) is 15.4. The van der Waals surface area contributed by atoms with Crippen LogP contribution in [0.15, 0.2) is 47.0 Å². The summed E-state index contributed by atoms with van der Waals surface area (Å²) in [5, 5.41) is 4.04. The smallest absolute Gasteiger partial charge is 0.264 e.